The van der Waals surface area contributed by atoms with Crippen molar-refractivity contribution in [2.24, 2.45) is 5.41 Å². The minimum Gasteiger partial charge on any atom is -0.464 e. The van der Waals surface area contributed by atoms with Crippen LogP contribution in [0, 0.1) is 5.41 Å². The van der Waals surface area contributed by atoms with Gasteiger partial charge in [0.05, 0.1) is 41.4 Å². The van der Waals surface area contributed by atoms with E-state index in [2.05, 4.69) is 34.0 Å². The fourth-order valence-corrected chi connectivity index (χ4v) is 5.73. The Morgan fingerprint density at radius 2 is 2.03 bits per heavy atom. The maximum absolute atomic E-state index is 14.4. The predicted molar refractivity (Wildman–Crippen MR) is 108 cm³/mol. The summed E-state index contributed by atoms with van der Waals surface area (Å²) in [6.07, 6.45) is 6.57. The highest BCUT2D eigenvalue weighted by Crippen LogP contribution is 2.69. The second-order valence-electron chi connectivity index (χ2n) is 8.90. The zero-order valence-electron chi connectivity index (χ0n) is 17.6. The van der Waals surface area contributed by atoms with Gasteiger partial charge in [0.25, 0.3) is 0 Å². The Morgan fingerprint density at radius 3 is 2.77 bits per heavy atom. The fraction of sp³-hybridized carbons (Fsp3) is 0.435. The molecular formula is C23H22F2N4O2. The van der Waals surface area contributed by atoms with E-state index in [4.69, 9.17) is 4.74 Å². The number of aromatic nitrogens is 4. The second kappa shape index (κ2) is 6.73. The van der Waals surface area contributed by atoms with Gasteiger partial charge in [0.1, 0.15) is 11.7 Å². The van der Waals surface area contributed by atoms with Crippen molar-refractivity contribution in [2.75, 3.05) is 7.11 Å². The minimum atomic E-state index is -0.594. The number of rotatable bonds is 3. The summed E-state index contributed by atoms with van der Waals surface area (Å²) in [5.41, 5.74) is 1.69. The molecule has 0 N–H and O–H groups in total. The number of nitrogens with zero attached hydrogens (tertiary/aromatic N) is 4. The molecule has 31 heavy (non-hydrogen) atoms. The average Bonchev–Trinajstić information content (AvgIpc) is 3.14. The molecule has 0 spiro atoms. The first-order chi connectivity index (χ1) is 14.8. The van der Waals surface area contributed by atoms with Crippen molar-refractivity contribution in [1.29, 1.82) is 0 Å². The molecule has 0 unspecified atom stereocenters. The number of fused-ring (bicyclic) bond motifs is 5. The molecule has 3 aliphatic rings. The molecule has 2 bridgehead atoms. The monoisotopic (exact) mass is 424 g/mol. The van der Waals surface area contributed by atoms with Crippen LogP contribution >= 0.6 is 0 Å². The number of ether oxygens (including phenoxy) is 1. The van der Waals surface area contributed by atoms with Gasteiger partial charge in [-0.25, -0.2) is 18.6 Å². The molecule has 2 atom stereocenters. The van der Waals surface area contributed by atoms with Crippen molar-refractivity contribution in [2.45, 2.75) is 50.9 Å². The van der Waals surface area contributed by atoms with Crippen molar-refractivity contribution in [3.63, 3.8) is 0 Å². The Morgan fingerprint density at radius 1 is 1.23 bits per heavy atom. The highest BCUT2D eigenvalue weighted by atomic mass is 19.1. The van der Waals surface area contributed by atoms with Gasteiger partial charge >= 0.3 is 5.97 Å². The molecular weight excluding hydrogens is 402 g/mol. The predicted octanol–water partition coefficient (Wildman–Crippen LogP) is 4.58. The quantitative estimate of drug-likeness (QED) is 0.671. The molecule has 5 rings (SSSR count). The van der Waals surface area contributed by atoms with E-state index in [0.29, 0.717) is 12.1 Å². The molecule has 0 saturated heterocycles. The standard InChI is InChI=1S/C23H22F2N4O2/c1-22(2)13-7-8-23(22,18-11-26-10-17(27-18)21(30)31-3)20-12(13)9-16(28-29-20)19-14(24)5-4-6-15(19)25/h5,9-11,13H,4,6-8H2,1-3H3/t13-,23-/m0/s1. The van der Waals surface area contributed by atoms with Crippen LogP contribution in [0.2, 0.25) is 0 Å². The Kier molecular flexibility index (Phi) is 4.32. The maximum atomic E-state index is 14.4. The summed E-state index contributed by atoms with van der Waals surface area (Å²) >= 11 is 0. The van der Waals surface area contributed by atoms with Crippen LogP contribution in [0.4, 0.5) is 8.78 Å². The largest absolute Gasteiger partial charge is 0.464 e. The Balaban J connectivity index is 1.68. The van der Waals surface area contributed by atoms with Gasteiger partial charge in [-0.2, -0.15) is 10.2 Å². The Labute approximate surface area is 178 Å². The normalized spacial score (nSPS) is 26.0. The van der Waals surface area contributed by atoms with Crippen LogP contribution in [0.25, 0.3) is 5.57 Å². The summed E-state index contributed by atoms with van der Waals surface area (Å²) in [5, 5.41) is 8.73. The van der Waals surface area contributed by atoms with Gasteiger partial charge in [-0.1, -0.05) is 13.8 Å². The summed E-state index contributed by atoms with van der Waals surface area (Å²) in [5.74, 6) is -1.52. The summed E-state index contributed by atoms with van der Waals surface area (Å²) < 4.78 is 33.6. The van der Waals surface area contributed by atoms with E-state index in [0.717, 1.165) is 24.1 Å². The third kappa shape index (κ3) is 2.56. The number of carbonyl (C=O) groups excluding carboxylic acids is 1. The number of hydrogen-bond acceptors (Lipinski definition) is 6. The van der Waals surface area contributed by atoms with Gasteiger partial charge in [0.15, 0.2) is 5.69 Å². The molecule has 0 radical (unpaired) electrons. The average molecular weight is 424 g/mol. The minimum absolute atomic E-state index is 0.0938. The van der Waals surface area contributed by atoms with Crippen LogP contribution in [0.3, 0.4) is 0 Å². The van der Waals surface area contributed by atoms with E-state index in [1.165, 1.54) is 19.4 Å². The first-order valence-electron chi connectivity index (χ1n) is 10.3. The first kappa shape index (κ1) is 19.9. The number of hydrogen-bond donors (Lipinski definition) is 0. The van der Waals surface area contributed by atoms with Crippen molar-refractivity contribution in [3.05, 3.63) is 64.5 Å². The molecule has 6 nitrogen and oxygen atoms in total. The highest BCUT2D eigenvalue weighted by molar-refractivity contribution is 5.86. The molecule has 0 aliphatic heterocycles. The van der Waals surface area contributed by atoms with E-state index in [-0.39, 0.29) is 34.7 Å². The lowest BCUT2D eigenvalue weighted by molar-refractivity contribution is 0.0592. The van der Waals surface area contributed by atoms with Crippen LogP contribution in [-0.2, 0) is 10.2 Å². The molecule has 8 heteroatoms. The zero-order valence-corrected chi connectivity index (χ0v) is 17.6. The van der Waals surface area contributed by atoms with Crippen LogP contribution in [-0.4, -0.2) is 33.2 Å². The summed E-state index contributed by atoms with van der Waals surface area (Å²) in [7, 11) is 1.30. The zero-order chi connectivity index (χ0) is 22.0. The first-order valence-corrected chi connectivity index (χ1v) is 10.3. The molecule has 0 amide bonds. The van der Waals surface area contributed by atoms with E-state index in [1.807, 2.05) is 0 Å². The molecule has 160 valence electrons. The van der Waals surface area contributed by atoms with Gasteiger partial charge in [-0.05, 0) is 48.3 Å². The summed E-state index contributed by atoms with van der Waals surface area (Å²) in [4.78, 5) is 20.9. The van der Waals surface area contributed by atoms with Gasteiger partial charge in [-0.3, -0.25) is 4.98 Å². The lowest BCUT2D eigenvalue weighted by Crippen LogP contribution is -2.38. The van der Waals surface area contributed by atoms with Crippen LogP contribution in [0.1, 0.15) is 78.6 Å². The number of allylic oxidation sites excluding steroid dienone is 4. The van der Waals surface area contributed by atoms with Crippen molar-refractivity contribution in [3.8, 4) is 0 Å². The lowest BCUT2D eigenvalue weighted by atomic mass is 9.66. The van der Waals surface area contributed by atoms with Crippen LogP contribution < -0.4 is 0 Å². The second-order valence-corrected chi connectivity index (χ2v) is 8.90. The fourth-order valence-electron chi connectivity index (χ4n) is 5.73. The van der Waals surface area contributed by atoms with Gasteiger partial charge in [-0.15, -0.1) is 0 Å². The third-order valence-corrected chi connectivity index (χ3v) is 7.30. The molecule has 2 aromatic heterocycles. The van der Waals surface area contributed by atoms with Gasteiger partial charge < -0.3 is 4.74 Å². The summed E-state index contributed by atoms with van der Waals surface area (Å²) in [6.45, 7) is 4.28. The maximum Gasteiger partial charge on any atom is 0.358 e. The molecule has 2 aromatic rings. The number of methoxy groups -OCH3 is 1. The van der Waals surface area contributed by atoms with Crippen LogP contribution in [0.15, 0.2) is 36.2 Å². The molecule has 3 aliphatic carbocycles. The SMILES string of the molecule is COC(=O)c1cncc([C@@]23CC[C@@H](c4cc(C5=C(F)CCC=C5F)nnc42)C3(C)C)n1. The van der Waals surface area contributed by atoms with Crippen molar-refractivity contribution in [1.82, 2.24) is 20.2 Å². The number of esters is 1. The highest BCUT2D eigenvalue weighted by Gasteiger charge is 2.65. The van der Waals surface area contributed by atoms with Crippen LogP contribution in [0.5, 0.6) is 0 Å². The number of carbonyl (C=O) groups is 1. The molecule has 2 heterocycles. The van der Waals surface area contributed by atoms with Gasteiger partial charge in [0.2, 0.25) is 0 Å². The van der Waals surface area contributed by atoms with Crippen molar-refractivity contribution >= 4 is 11.5 Å². The topological polar surface area (TPSA) is 77.9 Å². The van der Waals surface area contributed by atoms with E-state index in [9.17, 15) is 13.6 Å². The number of halogens is 2. The van der Waals surface area contributed by atoms with E-state index >= 15 is 0 Å². The molecule has 1 fully saturated rings. The third-order valence-electron chi connectivity index (χ3n) is 7.30. The lowest BCUT2D eigenvalue weighted by Gasteiger charge is -2.37. The van der Waals surface area contributed by atoms with E-state index in [1.54, 1.807) is 12.3 Å². The van der Waals surface area contributed by atoms with E-state index < -0.39 is 23.0 Å². The summed E-state index contributed by atoms with van der Waals surface area (Å²) in [6, 6.07) is 1.78. The molecule has 0 aromatic carbocycles. The smallest absolute Gasteiger partial charge is 0.358 e. The van der Waals surface area contributed by atoms with Crippen molar-refractivity contribution < 1.29 is 18.3 Å². The Bertz CT molecular complexity index is 1170. The molecule has 1 saturated carbocycles. The Hall–Kier alpha value is -3.03. The van der Waals surface area contributed by atoms with Gasteiger partial charge in [0, 0.05) is 12.6 Å².